The number of likely N-dealkylation sites (tertiary alicyclic amines) is 1. The van der Waals surface area contributed by atoms with Gasteiger partial charge in [-0.05, 0) is 32.2 Å². The Morgan fingerprint density at radius 2 is 2.23 bits per heavy atom. The van der Waals surface area contributed by atoms with Gasteiger partial charge in [0.1, 0.15) is 0 Å². The molecular formula is C11H23NO. The van der Waals surface area contributed by atoms with E-state index in [0.29, 0.717) is 0 Å². The zero-order valence-corrected chi connectivity index (χ0v) is 9.25. The Bertz CT molecular complexity index is 138. The maximum atomic E-state index is 5.12. The molecule has 13 heavy (non-hydrogen) atoms. The van der Waals surface area contributed by atoms with Gasteiger partial charge in [-0.25, -0.2) is 0 Å². The molecule has 0 saturated carbocycles. The molecule has 2 atom stereocenters. The predicted octanol–water partition coefficient (Wildman–Crippen LogP) is 2.14. The van der Waals surface area contributed by atoms with Gasteiger partial charge in [0.05, 0.1) is 6.61 Å². The molecule has 0 aromatic rings. The van der Waals surface area contributed by atoms with E-state index in [9.17, 15) is 0 Å². The van der Waals surface area contributed by atoms with Crippen LogP contribution < -0.4 is 0 Å². The molecule has 2 nitrogen and oxygen atoms in total. The molecule has 0 spiro atoms. The molecule has 1 rings (SSSR count). The van der Waals surface area contributed by atoms with Crippen molar-refractivity contribution in [2.75, 3.05) is 26.8 Å². The molecule has 0 amide bonds. The summed E-state index contributed by atoms with van der Waals surface area (Å²) in [6.45, 7) is 7.92. The lowest BCUT2D eigenvalue weighted by molar-refractivity contribution is 0.0694. The minimum Gasteiger partial charge on any atom is -0.383 e. The summed E-state index contributed by atoms with van der Waals surface area (Å²) in [5.74, 6) is 0.908. The first kappa shape index (κ1) is 11.0. The van der Waals surface area contributed by atoms with E-state index in [1.807, 2.05) is 0 Å². The molecule has 1 aliphatic heterocycles. The van der Waals surface area contributed by atoms with Crippen LogP contribution in [0.1, 0.15) is 33.1 Å². The van der Waals surface area contributed by atoms with Crippen LogP contribution >= 0.6 is 0 Å². The highest BCUT2D eigenvalue weighted by atomic mass is 16.5. The molecule has 1 fully saturated rings. The van der Waals surface area contributed by atoms with Crippen LogP contribution in [0.4, 0.5) is 0 Å². The average molecular weight is 185 g/mol. The second-order valence-electron chi connectivity index (χ2n) is 4.08. The molecule has 0 radical (unpaired) electrons. The minimum absolute atomic E-state index is 0.758. The lowest BCUT2D eigenvalue weighted by Gasteiger charge is -2.39. The van der Waals surface area contributed by atoms with Gasteiger partial charge >= 0.3 is 0 Å². The third-order valence-corrected chi connectivity index (χ3v) is 3.39. The molecule has 0 bridgehead atoms. The van der Waals surface area contributed by atoms with E-state index in [0.717, 1.165) is 25.1 Å². The number of piperidine rings is 1. The van der Waals surface area contributed by atoms with E-state index >= 15 is 0 Å². The second kappa shape index (κ2) is 5.61. The van der Waals surface area contributed by atoms with E-state index in [-0.39, 0.29) is 0 Å². The number of hydrogen-bond acceptors (Lipinski definition) is 2. The fourth-order valence-corrected chi connectivity index (χ4v) is 2.37. The van der Waals surface area contributed by atoms with Crippen LogP contribution in [-0.4, -0.2) is 37.7 Å². The van der Waals surface area contributed by atoms with Gasteiger partial charge in [-0.3, -0.25) is 4.90 Å². The normalized spacial score (nSPS) is 30.7. The number of methoxy groups -OCH3 is 1. The number of nitrogens with zero attached hydrogens (tertiary/aromatic N) is 1. The van der Waals surface area contributed by atoms with Crippen LogP contribution in [0.5, 0.6) is 0 Å². The Kier molecular flexibility index (Phi) is 4.74. The van der Waals surface area contributed by atoms with Crippen molar-refractivity contribution in [1.82, 2.24) is 4.90 Å². The van der Waals surface area contributed by atoms with E-state index < -0.39 is 0 Å². The summed E-state index contributed by atoms with van der Waals surface area (Å²) in [4.78, 5) is 2.57. The highest BCUT2D eigenvalue weighted by Gasteiger charge is 2.25. The molecule has 0 aromatic carbocycles. The van der Waals surface area contributed by atoms with E-state index in [2.05, 4.69) is 18.7 Å². The molecule has 2 heteroatoms. The lowest BCUT2D eigenvalue weighted by atomic mass is 9.88. The summed E-state index contributed by atoms with van der Waals surface area (Å²) in [6.07, 6.45) is 4.11. The lowest BCUT2D eigenvalue weighted by Crippen LogP contribution is -2.44. The monoisotopic (exact) mass is 185 g/mol. The standard InChI is InChI=1S/C11H23NO/c1-4-11-6-5-7-12(10(11)2)8-9-13-3/h10-11H,4-9H2,1-3H3/t10-,11+/m0/s1. The van der Waals surface area contributed by atoms with Crippen molar-refractivity contribution < 1.29 is 4.74 Å². The van der Waals surface area contributed by atoms with Gasteiger partial charge in [0.25, 0.3) is 0 Å². The van der Waals surface area contributed by atoms with Gasteiger partial charge in [0.2, 0.25) is 0 Å². The fourth-order valence-electron chi connectivity index (χ4n) is 2.37. The largest absolute Gasteiger partial charge is 0.383 e. The van der Waals surface area contributed by atoms with E-state index in [4.69, 9.17) is 4.74 Å². The molecule has 0 unspecified atom stereocenters. The van der Waals surface area contributed by atoms with Crippen molar-refractivity contribution in [1.29, 1.82) is 0 Å². The first-order valence-corrected chi connectivity index (χ1v) is 5.52. The zero-order valence-electron chi connectivity index (χ0n) is 9.25. The molecule has 1 heterocycles. The summed E-state index contributed by atoms with van der Waals surface area (Å²) in [7, 11) is 1.78. The van der Waals surface area contributed by atoms with Gasteiger partial charge < -0.3 is 4.74 Å². The first-order chi connectivity index (χ1) is 6.29. The smallest absolute Gasteiger partial charge is 0.0589 e. The zero-order chi connectivity index (χ0) is 9.68. The Morgan fingerprint density at radius 3 is 2.85 bits per heavy atom. The quantitative estimate of drug-likeness (QED) is 0.665. The second-order valence-corrected chi connectivity index (χ2v) is 4.08. The molecule has 0 N–H and O–H groups in total. The summed E-state index contributed by atoms with van der Waals surface area (Å²) in [5, 5.41) is 0. The van der Waals surface area contributed by atoms with Gasteiger partial charge in [-0.2, -0.15) is 0 Å². The Morgan fingerprint density at radius 1 is 1.46 bits per heavy atom. The van der Waals surface area contributed by atoms with Crippen molar-refractivity contribution in [3.05, 3.63) is 0 Å². The molecule has 1 saturated heterocycles. The maximum absolute atomic E-state index is 5.12. The molecule has 0 aromatic heterocycles. The van der Waals surface area contributed by atoms with Gasteiger partial charge in [0.15, 0.2) is 0 Å². The van der Waals surface area contributed by atoms with Crippen LogP contribution in [0.15, 0.2) is 0 Å². The summed E-state index contributed by atoms with van der Waals surface area (Å²) < 4.78 is 5.12. The SMILES string of the molecule is CC[C@@H]1CCCN(CCOC)[C@H]1C. The predicted molar refractivity (Wildman–Crippen MR) is 55.9 cm³/mol. The van der Waals surface area contributed by atoms with Gasteiger partial charge in [-0.15, -0.1) is 0 Å². The van der Waals surface area contributed by atoms with Crippen LogP contribution in [0.3, 0.4) is 0 Å². The number of ether oxygens (including phenoxy) is 1. The molecular weight excluding hydrogens is 162 g/mol. The molecule has 1 aliphatic rings. The van der Waals surface area contributed by atoms with Crippen molar-refractivity contribution in [2.45, 2.75) is 39.2 Å². The number of hydrogen-bond donors (Lipinski definition) is 0. The third kappa shape index (κ3) is 2.96. The van der Waals surface area contributed by atoms with Crippen LogP contribution in [0.25, 0.3) is 0 Å². The minimum atomic E-state index is 0.758. The van der Waals surface area contributed by atoms with Crippen molar-refractivity contribution in [3.63, 3.8) is 0 Å². The Balaban J connectivity index is 2.35. The average Bonchev–Trinajstić information content (AvgIpc) is 2.16. The Hall–Kier alpha value is -0.0800. The highest BCUT2D eigenvalue weighted by Crippen LogP contribution is 2.25. The summed E-state index contributed by atoms with van der Waals surface area (Å²) in [5.41, 5.74) is 0. The molecule has 0 aliphatic carbocycles. The van der Waals surface area contributed by atoms with Crippen LogP contribution in [0.2, 0.25) is 0 Å². The van der Waals surface area contributed by atoms with Crippen LogP contribution in [-0.2, 0) is 4.74 Å². The van der Waals surface area contributed by atoms with E-state index in [1.165, 1.54) is 25.8 Å². The first-order valence-electron chi connectivity index (χ1n) is 5.52. The van der Waals surface area contributed by atoms with Crippen LogP contribution in [0, 0.1) is 5.92 Å². The fraction of sp³-hybridized carbons (Fsp3) is 1.00. The van der Waals surface area contributed by atoms with Crippen molar-refractivity contribution >= 4 is 0 Å². The molecule has 78 valence electrons. The van der Waals surface area contributed by atoms with Gasteiger partial charge in [0, 0.05) is 19.7 Å². The third-order valence-electron chi connectivity index (χ3n) is 3.39. The summed E-state index contributed by atoms with van der Waals surface area (Å²) in [6, 6.07) is 0.758. The number of rotatable bonds is 4. The topological polar surface area (TPSA) is 12.5 Å². The van der Waals surface area contributed by atoms with Crippen molar-refractivity contribution in [3.8, 4) is 0 Å². The maximum Gasteiger partial charge on any atom is 0.0589 e. The highest BCUT2D eigenvalue weighted by molar-refractivity contribution is 4.79. The van der Waals surface area contributed by atoms with E-state index in [1.54, 1.807) is 7.11 Å². The van der Waals surface area contributed by atoms with Crippen molar-refractivity contribution in [2.24, 2.45) is 5.92 Å². The summed E-state index contributed by atoms with van der Waals surface area (Å²) >= 11 is 0. The Labute approximate surface area is 82.3 Å². The van der Waals surface area contributed by atoms with Gasteiger partial charge in [-0.1, -0.05) is 13.3 Å².